The van der Waals surface area contributed by atoms with E-state index >= 15 is 0 Å². The summed E-state index contributed by atoms with van der Waals surface area (Å²) in [4.78, 5) is 15.2. The summed E-state index contributed by atoms with van der Waals surface area (Å²) in [7, 11) is 1.91. The molecule has 0 aliphatic heterocycles. The first-order valence-electron chi connectivity index (χ1n) is 6.58. The van der Waals surface area contributed by atoms with Gasteiger partial charge in [0.15, 0.2) is 0 Å². The number of nitrogens with zero attached hydrogens (tertiary/aromatic N) is 2. The van der Waals surface area contributed by atoms with E-state index in [1.165, 1.54) is 4.88 Å². The van der Waals surface area contributed by atoms with Crippen molar-refractivity contribution < 1.29 is 4.79 Å². The monoisotopic (exact) mass is 355 g/mol. The van der Waals surface area contributed by atoms with Crippen molar-refractivity contribution in [3.8, 4) is 6.07 Å². The lowest BCUT2D eigenvalue weighted by Crippen LogP contribution is -2.49. The summed E-state index contributed by atoms with van der Waals surface area (Å²) >= 11 is 5.10. The summed E-state index contributed by atoms with van der Waals surface area (Å²) < 4.78 is 1.09. The molecule has 1 atom stereocenters. The van der Waals surface area contributed by atoms with Crippen LogP contribution in [0, 0.1) is 17.2 Å². The summed E-state index contributed by atoms with van der Waals surface area (Å²) in [6.07, 6.45) is 2.06. The molecule has 20 heavy (non-hydrogen) atoms. The van der Waals surface area contributed by atoms with Crippen molar-refractivity contribution in [2.75, 3.05) is 13.6 Å². The minimum atomic E-state index is -0.704. The number of rotatable bonds is 6. The highest BCUT2D eigenvalue weighted by Crippen LogP contribution is 2.39. The van der Waals surface area contributed by atoms with E-state index in [9.17, 15) is 10.1 Å². The fraction of sp³-hybridized carbons (Fsp3) is 0.571. The molecule has 1 N–H and O–H groups in total. The molecule has 0 aromatic carbocycles. The van der Waals surface area contributed by atoms with Crippen LogP contribution in [0.4, 0.5) is 0 Å². The van der Waals surface area contributed by atoms with Crippen molar-refractivity contribution in [3.05, 3.63) is 20.8 Å². The number of carbonyl (C=O) groups excluding carboxylic acids is 1. The first kappa shape index (κ1) is 15.5. The van der Waals surface area contributed by atoms with Gasteiger partial charge >= 0.3 is 0 Å². The zero-order chi connectivity index (χ0) is 14.8. The van der Waals surface area contributed by atoms with Crippen molar-refractivity contribution in [1.29, 1.82) is 5.26 Å². The number of halogens is 1. The van der Waals surface area contributed by atoms with Crippen LogP contribution in [0.1, 0.15) is 24.6 Å². The Hall–Kier alpha value is -0.900. The average Bonchev–Trinajstić information content (AvgIpc) is 3.14. The number of nitriles is 1. The van der Waals surface area contributed by atoms with Crippen LogP contribution in [-0.2, 0) is 11.3 Å². The zero-order valence-corrected chi connectivity index (χ0v) is 14.1. The van der Waals surface area contributed by atoms with E-state index in [2.05, 4.69) is 27.3 Å². The van der Waals surface area contributed by atoms with E-state index in [0.717, 1.165) is 23.2 Å². The zero-order valence-electron chi connectivity index (χ0n) is 11.6. The van der Waals surface area contributed by atoms with Crippen LogP contribution < -0.4 is 5.32 Å². The van der Waals surface area contributed by atoms with Gasteiger partial charge in [0.1, 0.15) is 5.54 Å². The molecule has 0 spiro atoms. The molecule has 1 aliphatic carbocycles. The standard InChI is InChI=1S/C14H18BrN3OS/c1-14(9-16,10-3-4-10)17-13(19)8-18(2)7-11-5-6-12(15)20-11/h5-6,10H,3-4,7-8H2,1-2H3,(H,17,19). The molecule has 1 aromatic rings. The van der Waals surface area contributed by atoms with Gasteiger partial charge in [-0.25, -0.2) is 0 Å². The summed E-state index contributed by atoms with van der Waals surface area (Å²) in [5.74, 6) is 0.231. The number of thiophene rings is 1. The molecule has 1 aliphatic rings. The molecule has 1 unspecified atom stereocenters. The fourth-order valence-corrected chi connectivity index (χ4v) is 3.78. The van der Waals surface area contributed by atoms with Crippen molar-refractivity contribution in [2.24, 2.45) is 5.92 Å². The van der Waals surface area contributed by atoms with Crippen LogP contribution in [0.15, 0.2) is 15.9 Å². The van der Waals surface area contributed by atoms with Crippen LogP contribution in [0.5, 0.6) is 0 Å². The second-order valence-electron chi connectivity index (χ2n) is 5.51. The van der Waals surface area contributed by atoms with Crippen LogP contribution >= 0.6 is 27.3 Å². The van der Waals surface area contributed by atoms with Gasteiger partial charge in [0.25, 0.3) is 0 Å². The predicted molar refractivity (Wildman–Crippen MR) is 83.2 cm³/mol. The Balaban J connectivity index is 1.83. The Morgan fingerprint density at radius 3 is 2.85 bits per heavy atom. The third-order valence-corrected chi connectivity index (χ3v) is 5.10. The van der Waals surface area contributed by atoms with Gasteiger partial charge in [-0.2, -0.15) is 5.26 Å². The number of amides is 1. The first-order valence-corrected chi connectivity index (χ1v) is 8.19. The minimum Gasteiger partial charge on any atom is -0.337 e. The van der Waals surface area contributed by atoms with Crippen molar-refractivity contribution in [1.82, 2.24) is 10.2 Å². The maximum atomic E-state index is 12.0. The number of carbonyl (C=O) groups is 1. The lowest BCUT2D eigenvalue weighted by molar-refractivity contribution is -0.123. The highest BCUT2D eigenvalue weighted by atomic mass is 79.9. The lowest BCUT2D eigenvalue weighted by atomic mass is 9.98. The van der Waals surface area contributed by atoms with E-state index in [4.69, 9.17) is 0 Å². The van der Waals surface area contributed by atoms with Gasteiger partial charge in [-0.1, -0.05) is 0 Å². The third-order valence-electron chi connectivity index (χ3n) is 3.49. The smallest absolute Gasteiger partial charge is 0.235 e. The molecule has 1 heterocycles. The van der Waals surface area contributed by atoms with Crippen molar-refractivity contribution in [3.63, 3.8) is 0 Å². The molecule has 1 saturated carbocycles. The molecule has 0 bridgehead atoms. The van der Waals surface area contributed by atoms with E-state index in [0.29, 0.717) is 12.5 Å². The Bertz CT molecular complexity index is 535. The van der Waals surface area contributed by atoms with E-state index in [-0.39, 0.29) is 5.91 Å². The van der Waals surface area contributed by atoms with Crippen LogP contribution in [0.3, 0.4) is 0 Å². The maximum absolute atomic E-state index is 12.0. The second kappa shape index (κ2) is 6.25. The molecular weight excluding hydrogens is 338 g/mol. The topological polar surface area (TPSA) is 56.1 Å². The van der Waals surface area contributed by atoms with E-state index in [1.54, 1.807) is 11.3 Å². The molecule has 4 nitrogen and oxygen atoms in total. The normalized spacial score (nSPS) is 17.6. The van der Waals surface area contributed by atoms with E-state index in [1.807, 2.05) is 31.0 Å². The van der Waals surface area contributed by atoms with Gasteiger partial charge < -0.3 is 5.32 Å². The highest BCUT2D eigenvalue weighted by molar-refractivity contribution is 9.11. The van der Waals surface area contributed by atoms with Gasteiger partial charge in [-0.05, 0) is 60.8 Å². The predicted octanol–water partition coefficient (Wildman–Crippen LogP) is 2.75. The van der Waals surface area contributed by atoms with Crippen LogP contribution in [-0.4, -0.2) is 29.9 Å². The van der Waals surface area contributed by atoms with Gasteiger partial charge in [0, 0.05) is 11.4 Å². The molecule has 2 rings (SSSR count). The number of likely N-dealkylation sites (N-methyl/N-ethyl adjacent to an activating group) is 1. The van der Waals surface area contributed by atoms with Crippen molar-refractivity contribution in [2.45, 2.75) is 31.8 Å². The maximum Gasteiger partial charge on any atom is 0.235 e. The van der Waals surface area contributed by atoms with Gasteiger partial charge in [0.2, 0.25) is 5.91 Å². The summed E-state index contributed by atoms with van der Waals surface area (Å²) in [6.45, 7) is 2.86. The Morgan fingerprint density at radius 1 is 1.65 bits per heavy atom. The molecule has 108 valence electrons. The molecule has 6 heteroatoms. The fourth-order valence-electron chi connectivity index (χ4n) is 2.21. The number of hydrogen-bond acceptors (Lipinski definition) is 4. The number of hydrogen-bond donors (Lipinski definition) is 1. The SMILES string of the molecule is CN(CC(=O)NC(C)(C#N)C1CC1)Cc1ccc(Br)s1. The quantitative estimate of drug-likeness (QED) is 0.853. The highest BCUT2D eigenvalue weighted by Gasteiger charge is 2.42. The Labute approximate surface area is 131 Å². The van der Waals surface area contributed by atoms with Gasteiger partial charge in [-0.15, -0.1) is 11.3 Å². The minimum absolute atomic E-state index is 0.0842. The lowest BCUT2D eigenvalue weighted by Gasteiger charge is -2.24. The summed E-state index contributed by atoms with van der Waals surface area (Å²) in [6, 6.07) is 6.30. The van der Waals surface area contributed by atoms with Crippen LogP contribution in [0.2, 0.25) is 0 Å². The molecule has 0 radical (unpaired) electrons. The molecule has 1 fully saturated rings. The first-order chi connectivity index (χ1) is 9.43. The number of nitrogens with one attached hydrogen (secondary N) is 1. The van der Waals surface area contributed by atoms with Gasteiger partial charge in [-0.3, -0.25) is 9.69 Å². The van der Waals surface area contributed by atoms with Crippen molar-refractivity contribution >= 4 is 33.2 Å². The Morgan fingerprint density at radius 2 is 2.35 bits per heavy atom. The third kappa shape index (κ3) is 4.05. The average molecular weight is 356 g/mol. The summed E-state index contributed by atoms with van der Waals surface area (Å²) in [5.41, 5.74) is -0.704. The summed E-state index contributed by atoms with van der Waals surface area (Å²) in [5, 5.41) is 12.1. The molecular formula is C14H18BrN3OS. The van der Waals surface area contributed by atoms with Gasteiger partial charge in [0.05, 0.1) is 16.4 Å². The molecule has 1 amide bonds. The largest absolute Gasteiger partial charge is 0.337 e. The molecule has 0 saturated heterocycles. The Kier molecular flexibility index (Phi) is 4.84. The van der Waals surface area contributed by atoms with E-state index < -0.39 is 5.54 Å². The van der Waals surface area contributed by atoms with Crippen LogP contribution in [0.25, 0.3) is 0 Å². The molecule has 1 aromatic heterocycles. The second-order valence-corrected chi connectivity index (χ2v) is 8.06.